The van der Waals surface area contributed by atoms with Crippen molar-refractivity contribution < 1.29 is 14.3 Å². The summed E-state index contributed by atoms with van der Waals surface area (Å²) in [6.07, 6.45) is 2.16. The molecule has 4 heterocycles. The van der Waals surface area contributed by atoms with Gasteiger partial charge < -0.3 is 30.1 Å². The van der Waals surface area contributed by atoms with E-state index in [0.717, 1.165) is 60.2 Å². The number of carbonyl (C=O) groups excluding carboxylic acids is 2. The summed E-state index contributed by atoms with van der Waals surface area (Å²) in [5, 5.41) is 8.88. The quantitative estimate of drug-likeness (QED) is 0.565. The molecule has 0 radical (unpaired) electrons. The number of ether oxygens (including phenoxy) is 1. The smallest absolute Gasteiger partial charge is 0.409 e. The number of likely N-dealkylation sites (N-methyl/N-ethyl adjacent to an activating group) is 1. The molecule has 1 atom stereocenters. The van der Waals surface area contributed by atoms with Crippen molar-refractivity contribution in [2.75, 3.05) is 61.8 Å². The van der Waals surface area contributed by atoms with Gasteiger partial charge in [0.05, 0.1) is 5.69 Å². The molecule has 1 fully saturated rings. The van der Waals surface area contributed by atoms with Gasteiger partial charge >= 0.3 is 6.09 Å². The van der Waals surface area contributed by atoms with E-state index in [0.29, 0.717) is 31.8 Å². The van der Waals surface area contributed by atoms with Crippen molar-refractivity contribution in [3.63, 3.8) is 0 Å². The van der Waals surface area contributed by atoms with Crippen molar-refractivity contribution in [1.29, 1.82) is 0 Å². The van der Waals surface area contributed by atoms with Crippen molar-refractivity contribution >= 4 is 39.8 Å². The largest absolute Gasteiger partial charge is 0.415 e. The molecule has 190 valence electrons. The van der Waals surface area contributed by atoms with Gasteiger partial charge in [-0.25, -0.2) is 4.79 Å². The number of benzene rings is 3. The molecular weight excluding hydrogens is 466 g/mol. The fourth-order valence-electron chi connectivity index (χ4n) is 6.31. The molecular formula is C29H31N5O3. The van der Waals surface area contributed by atoms with Gasteiger partial charge in [0, 0.05) is 68.5 Å². The summed E-state index contributed by atoms with van der Waals surface area (Å²) in [4.78, 5) is 32.8. The Kier molecular flexibility index (Phi) is 5.25. The van der Waals surface area contributed by atoms with Crippen LogP contribution in [0.25, 0.3) is 10.8 Å². The first kappa shape index (κ1) is 22.4. The third-order valence-electron chi connectivity index (χ3n) is 8.35. The second-order valence-corrected chi connectivity index (χ2v) is 10.5. The summed E-state index contributed by atoms with van der Waals surface area (Å²) in [5.74, 6) is 0.589. The van der Waals surface area contributed by atoms with E-state index in [9.17, 15) is 9.59 Å². The summed E-state index contributed by atoms with van der Waals surface area (Å²) in [5.41, 5.74) is 6.87. The molecule has 1 unspecified atom stereocenters. The predicted molar refractivity (Wildman–Crippen MR) is 145 cm³/mol. The number of carbonyl (C=O) groups is 2. The van der Waals surface area contributed by atoms with Crippen LogP contribution >= 0.6 is 0 Å². The zero-order valence-corrected chi connectivity index (χ0v) is 21.0. The van der Waals surface area contributed by atoms with Crippen LogP contribution in [0.5, 0.6) is 5.75 Å². The Balaban J connectivity index is 1.18. The fraction of sp³-hybridized carbons (Fsp3) is 0.379. The third-order valence-corrected chi connectivity index (χ3v) is 8.35. The van der Waals surface area contributed by atoms with Crippen LogP contribution in [-0.2, 0) is 24.1 Å². The van der Waals surface area contributed by atoms with E-state index in [1.54, 1.807) is 4.90 Å². The molecule has 8 heteroatoms. The SMILES string of the molecule is CN1CCN(C(=O)Oc2cc3c(c4ccccc24)CCN3C(=O)C2Cc3c(ccc4c3CCN4)N2)CC1. The highest BCUT2D eigenvalue weighted by Crippen LogP contribution is 2.42. The average Bonchev–Trinajstić information content (AvgIpc) is 3.66. The molecule has 2 amide bonds. The van der Waals surface area contributed by atoms with E-state index in [1.807, 2.05) is 29.2 Å². The summed E-state index contributed by atoms with van der Waals surface area (Å²) >= 11 is 0. The van der Waals surface area contributed by atoms with Crippen LogP contribution in [0.4, 0.5) is 21.9 Å². The Morgan fingerprint density at radius 3 is 2.51 bits per heavy atom. The number of amides is 2. The first-order valence-electron chi connectivity index (χ1n) is 13.2. The Morgan fingerprint density at radius 2 is 1.68 bits per heavy atom. The molecule has 1 saturated heterocycles. The van der Waals surface area contributed by atoms with Gasteiger partial charge in [0.25, 0.3) is 0 Å². The molecule has 0 aromatic heterocycles. The molecule has 2 N–H and O–H groups in total. The maximum absolute atomic E-state index is 13.9. The van der Waals surface area contributed by atoms with E-state index >= 15 is 0 Å². The van der Waals surface area contributed by atoms with Gasteiger partial charge in [-0.2, -0.15) is 0 Å². The van der Waals surface area contributed by atoms with Gasteiger partial charge in [-0.05, 0) is 54.1 Å². The molecule has 0 aliphatic carbocycles. The third kappa shape index (κ3) is 3.70. The normalized spacial score (nSPS) is 20.3. The zero-order chi connectivity index (χ0) is 25.1. The summed E-state index contributed by atoms with van der Waals surface area (Å²) < 4.78 is 5.99. The Labute approximate surface area is 216 Å². The van der Waals surface area contributed by atoms with E-state index < -0.39 is 0 Å². The number of hydrogen-bond acceptors (Lipinski definition) is 6. The minimum atomic E-state index is -0.329. The lowest BCUT2D eigenvalue weighted by atomic mass is 10.00. The number of rotatable bonds is 2. The van der Waals surface area contributed by atoms with E-state index in [4.69, 9.17) is 4.74 Å². The number of fused-ring (bicyclic) bond motifs is 6. The molecule has 3 aromatic rings. The van der Waals surface area contributed by atoms with E-state index in [2.05, 4.69) is 40.8 Å². The predicted octanol–water partition coefficient (Wildman–Crippen LogP) is 3.48. The number of nitrogens with one attached hydrogen (secondary N) is 2. The van der Waals surface area contributed by atoms with Crippen LogP contribution in [0, 0.1) is 0 Å². The Hall–Kier alpha value is -3.78. The maximum Gasteiger partial charge on any atom is 0.415 e. The second-order valence-electron chi connectivity index (χ2n) is 10.5. The van der Waals surface area contributed by atoms with Crippen LogP contribution in [-0.4, -0.2) is 74.2 Å². The molecule has 37 heavy (non-hydrogen) atoms. The fourth-order valence-corrected chi connectivity index (χ4v) is 6.31. The van der Waals surface area contributed by atoms with Gasteiger partial charge in [0.2, 0.25) is 5.91 Å². The molecule has 0 saturated carbocycles. The first-order valence-corrected chi connectivity index (χ1v) is 13.2. The minimum Gasteiger partial charge on any atom is -0.409 e. The lowest BCUT2D eigenvalue weighted by molar-refractivity contribution is -0.119. The van der Waals surface area contributed by atoms with E-state index in [1.165, 1.54) is 16.8 Å². The first-order chi connectivity index (χ1) is 18.1. The van der Waals surface area contributed by atoms with Crippen LogP contribution < -0.4 is 20.3 Å². The van der Waals surface area contributed by atoms with Crippen LogP contribution in [0.15, 0.2) is 42.5 Å². The lowest BCUT2D eigenvalue weighted by Crippen LogP contribution is -2.48. The molecule has 0 bridgehead atoms. The van der Waals surface area contributed by atoms with Crippen LogP contribution in [0.3, 0.4) is 0 Å². The maximum atomic E-state index is 13.9. The lowest BCUT2D eigenvalue weighted by Gasteiger charge is -2.31. The van der Waals surface area contributed by atoms with Crippen LogP contribution in [0.1, 0.15) is 16.7 Å². The number of piperazine rings is 1. The van der Waals surface area contributed by atoms with Crippen molar-refractivity contribution in [1.82, 2.24) is 9.80 Å². The molecule has 3 aromatic carbocycles. The highest BCUT2D eigenvalue weighted by atomic mass is 16.6. The molecule has 7 rings (SSSR count). The van der Waals surface area contributed by atoms with Crippen molar-refractivity contribution in [2.45, 2.75) is 25.3 Å². The number of nitrogens with zero attached hydrogens (tertiary/aromatic N) is 3. The highest BCUT2D eigenvalue weighted by molar-refractivity contribution is 6.06. The average molecular weight is 498 g/mol. The van der Waals surface area contributed by atoms with Gasteiger partial charge in [-0.15, -0.1) is 0 Å². The minimum absolute atomic E-state index is 0.0706. The Morgan fingerprint density at radius 1 is 0.892 bits per heavy atom. The monoisotopic (exact) mass is 497 g/mol. The van der Waals surface area contributed by atoms with Crippen molar-refractivity contribution in [3.8, 4) is 5.75 Å². The van der Waals surface area contributed by atoms with Crippen LogP contribution in [0.2, 0.25) is 0 Å². The standard InChI is InChI=1S/C29H31N5O3/c1-32-12-14-33(15-13-32)29(36)37-27-17-26-20(18-4-2-3-5-21(18)27)9-11-34(26)28(35)25-16-22-19-8-10-30-23(19)6-7-24(22)31-25/h2-7,17,25,30-31H,8-16H2,1H3. The summed E-state index contributed by atoms with van der Waals surface area (Å²) in [6, 6.07) is 13.8. The van der Waals surface area contributed by atoms with Crippen molar-refractivity contribution in [2.24, 2.45) is 0 Å². The molecule has 8 nitrogen and oxygen atoms in total. The zero-order valence-electron chi connectivity index (χ0n) is 21.0. The summed E-state index contributed by atoms with van der Waals surface area (Å²) in [6.45, 7) is 4.54. The van der Waals surface area contributed by atoms with Gasteiger partial charge in [-0.3, -0.25) is 4.79 Å². The number of anilines is 3. The topological polar surface area (TPSA) is 77.2 Å². The van der Waals surface area contributed by atoms with Gasteiger partial charge in [0.15, 0.2) is 0 Å². The van der Waals surface area contributed by atoms with E-state index in [-0.39, 0.29) is 18.0 Å². The number of hydrogen-bond donors (Lipinski definition) is 2. The van der Waals surface area contributed by atoms with Gasteiger partial charge in [-0.1, -0.05) is 24.3 Å². The van der Waals surface area contributed by atoms with Crippen molar-refractivity contribution in [3.05, 3.63) is 59.2 Å². The Bertz CT molecular complexity index is 1430. The highest BCUT2D eigenvalue weighted by Gasteiger charge is 2.37. The molecule has 0 spiro atoms. The molecule has 4 aliphatic rings. The van der Waals surface area contributed by atoms with Gasteiger partial charge in [0.1, 0.15) is 11.8 Å². The summed E-state index contributed by atoms with van der Waals surface area (Å²) in [7, 11) is 2.06. The molecule has 4 aliphatic heterocycles. The second kappa shape index (κ2) is 8.66.